The maximum absolute atomic E-state index is 13.9. The third kappa shape index (κ3) is 5.40. The largest absolute Gasteiger partial charge is 0.354 e. The molecule has 0 aliphatic carbocycles. The topological polar surface area (TPSA) is 44.6 Å². The number of aromatic nitrogens is 2. The SMILES string of the molecule is CCC(C)N(Cc1c(C)nn(-c2ccccc2)c1N1CCN(CC)CC1)C(=O)c1cccc(F)c1. The number of carbonyl (C=O) groups excluding carboxylic acids is 1. The third-order valence-corrected chi connectivity index (χ3v) is 7.06. The van der Waals surface area contributed by atoms with Crippen LogP contribution in [0.5, 0.6) is 0 Å². The summed E-state index contributed by atoms with van der Waals surface area (Å²) >= 11 is 0. The number of hydrogen-bond donors (Lipinski definition) is 0. The van der Waals surface area contributed by atoms with Crippen molar-refractivity contribution in [2.75, 3.05) is 37.6 Å². The van der Waals surface area contributed by atoms with Gasteiger partial charge in [-0.05, 0) is 57.1 Å². The zero-order valence-corrected chi connectivity index (χ0v) is 21.2. The first kappa shape index (κ1) is 24.9. The third-order valence-electron chi connectivity index (χ3n) is 7.06. The first-order valence-corrected chi connectivity index (χ1v) is 12.6. The molecule has 1 aliphatic heterocycles. The molecule has 0 radical (unpaired) electrons. The molecule has 7 heteroatoms. The van der Waals surface area contributed by atoms with Gasteiger partial charge < -0.3 is 14.7 Å². The molecule has 1 atom stereocenters. The van der Waals surface area contributed by atoms with Gasteiger partial charge in [-0.1, -0.05) is 38.1 Å². The minimum absolute atomic E-state index is 0.00460. The second kappa shape index (κ2) is 11.0. The molecule has 0 spiro atoms. The number of anilines is 1. The van der Waals surface area contributed by atoms with Gasteiger partial charge in [-0.2, -0.15) is 5.10 Å². The Kier molecular flexibility index (Phi) is 7.86. The van der Waals surface area contributed by atoms with Crippen molar-refractivity contribution in [1.82, 2.24) is 19.6 Å². The highest BCUT2D eigenvalue weighted by Gasteiger charge is 2.29. The summed E-state index contributed by atoms with van der Waals surface area (Å²) in [6, 6.07) is 16.1. The van der Waals surface area contributed by atoms with Crippen LogP contribution < -0.4 is 4.90 Å². The Labute approximate surface area is 207 Å². The van der Waals surface area contributed by atoms with Crippen LogP contribution in [0.15, 0.2) is 54.6 Å². The lowest BCUT2D eigenvalue weighted by molar-refractivity contribution is 0.0671. The molecule has 3 aromatic rings. The number of halogens is 1. The maximum Gasteiger partial charge on any atom is 0.254 e. The number of para-hydroxylation sites is 1. The summed E-state index contributed by atoms with van der Waals surface area (Å²) in [5.74, 6) is 0.486. The van der Waals surface area contributed by atoms with Crippen LogP contribution in [-0.4, -0.2) is 64.3 Å². The summed E-state index contributed by atoms with van der Waals surface area (Å²) in [5.41, 5.74) is 3.32. The highest BCUT2D eigenvalue weighted by Crippen LogP contribution is 2.31. The Morgan fingerprint density at radius 1 is 1.06 bits per heavy atom. The average molecular weight is 478 g/mol. The number of aryl methyl sites for hydroxylation is 1. The van der Waals surface area contributed by atoms with E-state index in [0.717, 1.165) is 61.9 Å². The molecular weight excluding hydrogens is 441 g/mol. The van der Waals surface area contributed by atoms with Crippen LogP contribution in [0.2, 0.25) is 0 Å². The Morgan fingerprint density at radius 2 is 1.77 bits per heavy atom. The lowest BCUT2D eigenvalue weighted by Gasteiger charge is -2.37. The smallest absolute Gasteiger partial charge is 0.254 e. The van der Waals surface area contributed by atoms with Crippen molar-refractivity contribution in [3.63, 3.8) is 0 Å². The van der Waals surface area contributed by atoms with Crippen LogP contribution in [0.3, 0.4) is 0 Å². The molecule has 1 aliphatic rings. The lowest BCUT2D eigenvalue weighted by Crippen LogP contribution is -2.47. The molecule has 2 heterocycles. The van der Waals surface area contributed by atoms with Crippen LogP contribution in [0, 0.1) is 12.7 Å². The van der Waals surface area contributed by atoms with Gasteiger partial charge in [-0.25, -0.2) is 9.07 Å². The highest BCUT2D eigenvalue weighted by molar-refractivity contribution is 5.94. The van der Waals surface area contributed by atoms with Gasteiger partial charge in [0.25, 0.3) is 5.91 Å². The monoisotopic (exact) mass is 477 g/mol. The van der Waals surface area contributed by atoms with E-state index in [4.69, 9.17) is 5.10 Å². The number of hydrogen-bond acceptors (Lipinski definition) is 4. The first-order valence-electron chi connectivity index (χ1n) is 12.6. The lowest BCUT2D eigenvalue weighted by atomic mass is 10.1. The van der Waals surface area contributed by atoms with E-state index in [1.54, 1.807) is 12.1 Å². The van der Waals surface area contributed by atoms with Crippen molar-refractivity contribution < 1.29 is 9.18 Å². The zero-order chi connectivity index (χ0) is 24.9. The van der Waals surface area contributed by atoms with Crippen molar-refractivity contribution in [3.05, 3.63) is 77.2 Å². The molecule has 2 aromatic carbocycles. The molecule has 6 nitrogen and oxygen atoms in total. The van der Waals surface area contributed by atoms with E-state index < -0.39 is 5.82 Å². The fourth-order valence-electron chi connectivity index (χ4n) is 4.69. The average Bonchev–Trinajstić information content (AvgIpc) is 3.22. The van der Waals surface area contributed by atoms with E-state index in [1.165, 1.54) is 12.1 Å². The normalized spacial score (nSPS) is 15.3. The predicted molar refractivity (Wildman–Crippen MR) is 139 cm³/mol. The van der Waals surface area contributed by atoms with Gasteiger partial charge in [0.05, 0.1) is 17.9 Å². The van der Waals surface area contributed by atoms with Gasteiger partial charge in [-0.3, -0.25) is 4.79 Å². The second-order valence-corrected chi connectivity index (χ2v) is 9.26. The molecule has 35 heavy (non-hydrogen) atoms. The standard InChI is InChI=1S/C28H36FN5O/c1-5-21(3)33(28(35)23-11-10-12-24(29)19-23)20-26-22(4)30-34(25-13-8-7-9-14-25)27(26)32-17-15-31(6-2)16-18-32/h7-14,19,21H,5-6,15-18,20H2,1-4H3. The fourth-order valence-corrected chi connectivity index (χ4v) is 4.69. The molecule has 1 aromatic heterocycles. The minimum atomic E-state index is -0.400. The minimum Gasteiger partial charge on any atom is -0.354 e. The molecule has 0 saturated carbocycles. The number of likely N-dealkylation sites (N-methyl/N-ethyl adjacent to an activating group) is 1. The number of benzene rings is 2. The Morgan fingerprint density at radius 3 is 2.40 bits per heavy atom. The summed E-state index contributed by atoms with van der Waals surface area (Å²) in [4.78, 5) is 20.3. The summed E-state index contributed by atoms with van der Waals surface area (Å²) in [6.07, 6.45) is 0.803. The molecule has 4 rings (SSSR count). The van der Waals surface area contributed by atoms with Gasteiger partial charge >= 0.3 is 0 Å². The van der Waals surface area contributed by atoms with Gasteiger partial charge in [0, 0.05) is 43.3 Å². The second-order valence-electron chi connectivity index (χ2n) is 9.26. The van der Waals surface area contributed by atoms with Crippen LogP contribution in [0.1, 0.15) is 48.8 Å². The van der Waals surface area contributed by atoms with E-state index >= 15 is 0 Å². The van der Waals surface area contributed by atoms with Crippen LogP contribution >= 0.6 is 0 Å². The van der Waals surface area contributed by atoms with E-state index in [1.807, 2.05) is 41.6 Å². The number of nitrogens with zero attached hydrogens (tertiary/aromatic N) is 5. The number of carbonyl (C=O) groups is 1. The summed E-state index contributed by atoms with van der Waals surface area (Å²) < 4.78 is 16.0. The van der Waals surface area contributed by atoms with E-state index in [9.17, 15) is 9.18 Å². The van der Waals surface area contributed by atoms with E-state index in [0.29, 0.717) is 12.1 Å². The van der Waals surface area contributed by atoms with Crippen LogP contribution in [0.25, 0.3) is 5.69 Å². The number of piperazine rings is 1. The molecule has 1 unspecified atom stereocenters. The van der Waals surface area contributed by atoms with Crippen molar-refractivity contribution in [2.24, 2.45) is 0 Å². The molecule has 186 valence electrons. The van der Waals surface area contributed by atoms with Gasteiger partial charge in [-0.15, -0.1) is 0 Å². The fraction of sp³-hybridized carbons (Fsp3) is 0.429. The van der Waals surface area contributed by atoms with Crippen LogP contribution in [0.4, 0.5) is 10.2 Å². The van der Waals surface area contributed by atoms with Gasteiger partial charge in [0.1, 0.15) is 11.6 Å². The first-order chi connectivity index (χ1) is 16.9. The van der Waals surface area contributed by atoms with Gasteiger partial charge in [0.15, 0.2) is 0 Å². The van der Waals surface area contributed by atoms with Crippen molar-refractivity contribution in [3.8, 4) is 5.69 Å². The summed E-state index contributed by atoms with van der Waals surface area (Å²) in [6.45, 7) is 13.6. The quantitative estimate of drug-likeness (QED) is 0.463. The number of rotatable bonds is 8. The van der Waals surface area contributed by atoms with Crippen LogP contribution in [-0.2, 0) is 6.54 Å². The molecule has 0 N–H and O–H groups in total. The Hall–Kier alpha value is -3.19. The molecular formula is C28H36FN5O. The zero-order valence-electron chi connectivity index (χ0n) is 21.2. The van der Waals surface area contributed by atoms with E-state index in [2.05, 4.69) is 35.8 Å². The predicted octanol–water partition coefficient (Wildman–Crippen LogP) is 4.90. The number of amides is 1. The van der Waals surface area contributed by atoms with Crippen molar-refractivity contribution in [2.45, 2.75) is 46.7 Å². The Bertz CT molecular complexity index is 1140. The molecule has 1 fully saturated rings. The van der Waals surface area contributed by atoms with Gasteiger partial charge in [0.2, 0.25) is 0 Å². The van der Waals surface area contributed by atoms with Crippen molar-refractivity contribution >= 4 is 11.7 Å². The maximum atomic E-state index is 13.9. The molecule has 1 saturated heterocycles. The molecule has 0 bridgehead atoms. The highest BCUT2D eigenvalue weighted by atomic mass is 19.1. The van der Waals surface area contributed by atoms with Crippen molar-refractivity contribution in [1.29, 1.82) is 0 Å². The Balaban J connectivity index is 1.75. The van der Waals surface area contributed by atoms with E-state index in [-0.39, 0.29) is 11.9 Å². The summed E-state index contributed by atoms with van der Waals surface area (Å²) in [5, 5.41) is 4.94. The summed E-state index contributed by atoms with van der Waals surface area (Å²) in [7, 11) is 0. The molecule has 1 amide bonds.